The summed E-state index contributed by atoms with van der Waals surface area (Å²) in [5.41, 5.74) is 6.39. The number of carboxylic acid groups (broad SMARTS) is 1. The highest BCUT2D eigenvalue weighted by Gasteiger charge is 2.61. The van der Waals surface area contributed by atoms with Gasteiger partial charge < -0.3 is 21.1 Å². The largest absolute Gasteiger partial charge is 0.465 e. The molecule has 1 aliphatic heterocycles. The highest BCUT2D eigenvalue weighted by molar-refractivity contribution is 5.81. The van der Waals surface area contributed by atoms with E-state index in [2.05, 4.69) is 15.3 Å². The van der Waals surface area contributed by atoms with Crippen LogP contribution in [0.4, 0.5) is 10.6 Å². The van der Waals surface area contributed by atoms with Crippen molar-refractivity contribution >= 4 is 17.8 Å². The highest BCUT2D eigenvalue weighted by Crippen LogP contribution is 2.63. The molecule has 4 saturated carbocycles. The molecule has 1 aromatic rings. The van der Waals surface area contributed by atoms with Crippen LogP contribution in [0.15, 0.2) is 6.07 Å². The van der Waals surface area contributed by atoms with Gasteiger partial charge in [-0.2, -0.15) is 0 Å². The Hall–Kier alpha value is -2.38. The molecule has 4 N–H and O–H groups in total. The monoisotopic (exact) mass is 413 g/mol. The summed E-state index contributed by atoms with van der Waals surface area (Å²) in [4.78, 5) is 34.9. The number of hydrogen-bond donors (Lipinski definition) is 3. The second-order valence-corrected chi connectivity index (χ2v) is 10.1. The van der Waals surface area contributed by atoms with Crippen LogP contribution in [-0.4, -0.2) is 50.6 Å². The number of nitrogens with one attached hydrogen (secondary N) is 1. The maximum absolute atomic E-state index is 12.3. The van der Waals surface area contributed by atoms with Crippen molar-refractivity contribution in [2.75, 3.05) is 11.9 Å². The lowest BCUT2D eigenvalue weighted by Gasteiger charge is -2.61. The van der Waals surface area contributed by atoms with Gasteiger partial charge in [0.05, 0.1) is 12.1 Å². The third-order valence-electron chi connectivity index (χ3n) is 8.26. The summed E-state index contributed by atoms with van der Waals surface area (Å²) in [6.45, 7) is 4.34. The summed E-state index contributed by atoms with van der Waals surface area (Å²) in [6, 6.07) is 1.84. The molecule has 8 heteroatoms. The number of carbonyl (C=O) groups excluding carboxylic acids is 1. The smallest absolute Gasteiger partial charge is 0.407 e. The van der Waals surface area contributed by atoms with Crippen LogP contribution in [0.5, 0.6) is 0 Å². The van der Waals surface area contributed by atoms with Gasteiger partial charge in [-0.05, 0) is 76.0 Å². The molecule has 1 saturated heterocycles. The minimum absolute atomic E-state index is 0.0156. The molecule has 7 atom stereocenters. The number of nitrogens with two attached hydrogens (primary N) is 1. The van der Waals surface area contributed by atoms with Crippen LogP contribution < -0.4 is 11.1 Å². The first-order valence-corrected chi connectivity index (χ1v) is 11.1. The Balaban J connectivity index is 1.45. The summed E-state index contributed by atoms with van der Waals surface area (Å²) in [6.07, 6.45) is 4.68. The lowest BCUT2D eigenvalue weighted by molar-refractivity contribution is -0.154. The number of nitrogens with zero attached hydrogens (tertiary/aromatic N) is 3. The van der Waals surface area contributed by atoms with Gasteiger partial charge in [-0.25, -0.2) is 14.8 Å². The van der Waals surface area contributed by atoms with E-state index in [9.17, 15) is 14.7 Å². The molecule has 5 fully saturated rings. The van der Waals surface area contributed by atoms with Crippen LogP contribution in [0.1, 0.15) is 50.0 Å². The third-order valence-corrected chi connectivity index (χ3v) is 8.26. The van der Waals surface area contributed by atoms with E-state index in [1.807, 2.05) is 19.9 Å². The molecule has 2 heterocycles. The lowest BCUT2D eigenvalue weighted by atomic mass is 9.44. The van der Waals surface area contributed by atoms with Crippen molar-refractivity contribution in [3.05, 3.63) is 17.6 Å². The van der Waals surface area contributed by atoms with Gasteiger partial charge >= 0.3 is 6.09 Å². The van der Waals surface area contributed by atoms with Crippen LogP contribution in [0.3, 0.4) is 0 Å². The quantitative estimate of drug-likeness (QED) is 0.697. The van der Waals surface area contributed by atoms with E-state index in [1.165, 1.54) is 0 Å². The second kappa shape index (κ2) is 6.82. The second-order valence-electron chi connectivity index (χ2n) is 10.1. The molecular weight excluding hydrogens is 382 g/mol. The normalized spacial score (nSPS) is 39.3. The Labute approximate surface area is 176 Å². The van der Waals surface area contributed by atoms with Crippen LogP contribution in [-0.2, 0) is 4.79 Å². The standard InChI is InChI=1S/C22H31N5O3/c1-11-5-17(25-12(2)24-11)26-16-3-4-27(21(29)30)19(16)18-14-6-13-7-15(18)10-22(8-13,9-14)20(23)28/h5,13-16,18-19H,3-4,6-10H2,1-2H3,(H2,23,28)(H,29,30)(H,24,25,26)/t13?,14-,15?,16?,18?,19-,22?/m0/s1. The molecule has 0 spiro atoms. The van der Waals surface area contributed by atoms with E-state index in [1.54, 1.807) is 4.90 Å². The number of anilines is 1. The number of carbonyl (C=O) groups is 2. The fourth-order valence-electron chi connectivity index (χ4n) is 7.58. The number of aryl methyl sites for hydroxylation is 2. The first-order valence-electron chi connectivity index (χ1n) is 11.1. The number of hydrogen-bond acceptors (Lipinski definition) is 5. The van der Waals surface area contributed by atoms with E-state index >= 15 is 0 Å². The maximum atomic E-state index is 12.3. The van der Waals surface area contributed by atoms with E-state index in [0.29, 0.717) is 30.1 Å². The number of primary amides is 1. The molecule has 30 heavy (non-hydrogen) atoms. The fraction of sp³-hybridized carbons (Fsp3) is 0.727. The molecule has 4 aliphatic carbocycles. The number of amides is 2. The molecular formula is C22H31N5O3. The number of rotatable bonds is 4. The van der Waals surface area contributed by atoms with Crippen molar-refractivity contribution in [1.82, 2.24) is 14.9 Å². The van der Waals surface area contributed by atoms with Crippen molar-refractivity contribution in [3.63, 3.8) is 0 Å². The van der Waals surface area contributed by atoms with Gasteiger partial charge in [0, 0.05) is 23.7 Å². The predicted molar refractivity (Wildman–Crippen MR) is 111 cm³/mol. The zero-order chi connectivity index (χ0) is 21.2. The average Bonchev–Trinajstić information content (AvgIpc) is 3.03. The molecule has 4 bridgehead atoms. The minimum Gasteiger partial charge on any atom is -0.465 e. The Morgan fingerprint density at radius 1 is 1.20 bits per heavy atom. The third kappa shape index (κ3) is 3.03. The first-order chi connectivity index (χ1) is 14.3. The van der Waals surface area contributed by atoms with Crippen LogP contribution in [0.2, 0.25) is 0 Å². The number of likely N-dealkylation sites (tertiary alicyclic amines) is 1. The van der Waals surface area contributed by atoms with Gasteiger partial charge in [-0.1, -0.05) is 0 Å². The highest BCUT2D eigenvalue weighted by atomic mass is 16.4. The molecule has 0 radical (unpaired) electrons. The van der Waals surface area contributed by atoms with Gasteiger partial charge in [0.15, 0.2) is 0 Å². The summed E-state index contributed by atoms with van der Waals surface area (Å²) in [5, 5.41) is 13.5. The molecule has 8 nitrogen and oxygen atoms in total. The summed E-state index contributed by atoms with van der Waals surface area (Å²) >= 11 is 0. The van der Waals surface area contributed by atoms with Gasteiger partial charge in [0.2, 0.25) is 5.91 Å². The SMILES string of the molecule is Cc1cc(NC2CCN(C(=O)O)[C@@H]2C2C3CC4C[C@H]2CC(C(N)=O)(C4)C3)nc(C)n1. The van der Waals surface area contributed by atoms with Crippen molar-refractivity contribution in [2.45, 2.75) is 64.5 Å². The van der Waals surface area contributed by atoms with Crippen LogP contribution in [0.25, 0.3) is 0 Å². The summed E-state index contributed by atoms with van der Waals surface area (Å²) in [5.74, 6) is 2.89. The molecule has 5 aliphatic rings. The topological polar surface area (TPSA) is 121 Å². The molecule has 1 aromatic heterocycles. The van der Waals surface area contributed by atoms with E-state index in [4.69, 9.17) is 5.73 Å². The van der Waals surface area contributed by atoms with E-state index in [-0.39, 0.29) is 29.3 Å². The van der Waals surface area contributed by atoms with Crippen molar-refractivity contribution in [3.8, 4) is 0 Å². The zero-order valence-electron chi connectivity index (χ0n) is 17.7. The summed E-state index contributed by atoms with van der Waals surface area (Å²) in [7, 11) is 0. The maximum Gasteiger partial charge on any atom is 0.407 e. The Kier molecular flexibility index (Phi) is 4.45. The fourth-order valence-corrected chi connectivity index (χ4v) is 7.58. The lowest BCUT2D eigenvalue weighted by Crippen LogP contribution is -2.61. The zero-order valence-corrected chi connectivity index (χ0v) is 17.7. The van der Waals surface area contributed by atoms with Crippen molar-refractivity contribution < 1.29 is 14.7 Å². The molecule has 5 unspecified atom stereocenters. The minimum atomic E-state index is -0.849. The van der Waals surface area contributed by atoms with Crippen molar-refractivity contribution in [2.24, 2.45) is 34.8 Å². The first kappa shape index (κ1) is 19.6. The van der Waals surface area contributed by atoms with Gasteiger partial charge in [0.1, 0.15) is 11.6 Å². The summed E-state index contributed by atoms with van der Waals surface area (Å²) < 4.78 is 0. The van der Waals surface area contributed by atoms with Crippen LogP contribution in [0, 0.1) is 42.9 Å². The van der Waals surface area contributed by atoms with Crippen LogP contribution >= 0.6 is 0 Å². The van der Waals surface area contributed by atoms with Crippen molar-refractivity contribution in [1.29, 1.82) is 0 Å². The van der Waals surface area contributed by atoms with Gasteiger partial charge in [-0.15, -0.1) is 0 Å². The molecule has 162 valence electrons. The Morgan fingerprint density at radius 3 is 2.50 bits per heavy atom. The molecule has 2 amide bonds. The molecule has 0 aromatic carbocycles. The number of aromatic nitrogens is 2. The Morgan fingerprint density at radius 2 is 1.90 bits per heavy atom. The average molecular weight is 414 g/mol. The van der Waals surface area contributed by atoms with E-state index in [0.717, 1.165) is 50.0 Å². The van der Waals surface area contributed by atoms with Gasteiger partial charge in [0.25, 0.3) is 0 Å². The Bertz CT molecular complexity index is 853. The van der Waals surface area contributed by atoms with E-state index < -0.39 is 6.09 Å². The van der Waals surface area contributed by atoms with Gasteiger partial charge in [-0.3, -0.25) is 4.79 Å². The molecule has 6 rings (SSSR count). The predicted octanol–water partition coefficient (Wildman–Crippen LogP) is 2.55.